The van der Waals surface area contributed by atoms with Crippen molar-refractivity contribution in [2.24, 2.45) is 0 Å². The van der Waals surface area contributed by atoms with E-state index in [9.17, 15) is 14.7 Å². The Morgan fingerprint density at radius 2 is 1.73 bits per heavy atom. The molecule has 0 aromatic heterocycles. The highest BCUT2D eigenvalue weighted by Crippen LogP contribution is 2.27. The van der Waals surface area contributed by atoms with E-state index < -0.39 is 6.09 Å². The Hall–Kier alpha value is -2.40. The van der Waals surface area contributed by atoms with Crippen LogP contribution in [-0.2, 0) is 25.4 Å². The molecule has 0 spiro atoms. The maximum atomic E-state index is 13.3. The van der Waals surface area contributed by atoms with Gasteiger partial charge in [-0.3, -0.25) is 9.69 Å². The summed E-state index contributed by atoms with van der Waals surface area (Å²) in [4.78, 5) is 30.8. The lowest BCUT2D eigenvalue weighted by molar-refractivity contribution is -0.131. The highest BCUT2D eigenvalue weighted by Gasteiger charge is 2.33. The number of hydrogen-bond donors (Lipinski definition) is 1. The predicted octanol–water partition coefficient (Wildman–Crippen LogP) is 4.47. The van der Waals surface area contributed by atoms with Crippen LogP contribution < -0.4 is 0 Å². The van der Waals surface area contributed by atoms with Gasteiger partial charge in [-0.15, -0.1) is 0 Å². The highest BCUT2D eigenvalue weighted by molar-refractivity contribution is 6.42. The second-order valence-corrected chi connectivity index (χ2v) is 10.6. The van der Waals surface area contributed by atoms with Gasteiger partial charge in [0.2, 0.25) is 5.91 Å². The molecule has 0 radical (unpaired) electrons. The van der Waals surface area contributed by atoms with Crippen LogP contribution in [0.4, 0.5) is 4.79 Å². The van der Waals surface area contributed by atoms with Crippen molar-refractivity contribution in [2.45, 2.75) is 24.9 Å². The van der Waals surface area contributed by atoms with Crippen LogP contribution in [-0.4, -0.2) is 111 Å². The fraction of sp³-hybridized carbons (Fsp3) is 0.517. The molecule has 0 saturated carbocycles. The first kappa shape index (κ1) is 32.1. The largest absolute Gasteiger partial charge is 0.465 e. The SMILES string of the molecule is COCCOCCOCCN(C(=O)O)C1CCN(CC(c2ccccc2)N(C)C(=O)Cc2ccc(Cl)c(Cl)c2)C1. The summed E-state index contributed by atoms with van der Waals surface area (Å²) in [5.41, 5.74) is 1.81. The third kappa shape index (κ3) is 9.90. The van der Waals surface area contributed by atoms with E-state index in [0.717, 1.165) is 24.1 Å². The zero-order valence-electron chi connectivity index (χ0n) is 23.1. The van der Waals surface area contributed by atoms with Gasteiger partial charge in [0, 0.05) is 46.4 Å². The molecule has 2 aromatic carbocycles. The Bertz CT molecular complexity index is 1080. The molecule has 11 heteroatoms. The van der Waals surface area contributed by atoms with Crippen molar-refractivity contribution in [1.82, 2.24) is 14.7 Å². The number of amides is 2. The minimum atomic E-state index is -0.958. The molecular formula is C29H39Cl2N3O6. The molecule has 2 amide bonds. The van der Waals surface area contributed by atoms with E-state index in [1.165, 1.54) is 4.90 Å². The minimum absolute atomic E-state index is 0.0431. The van der Waals surface area contributed by atoms with Crippen molar-refractivity contribution >= 4 is 35.2 Å². The van der Waals surface area contributed by atoms with Gasteiger partial charge in [-0.05, 0) is 29.7 Å². The first-order valence-electron chi connectivity index (χ1n) is 13.4. The van der Waals surface area contributed by atoms with Crippen molar-refractivity contribution in [3.05, 3.63) is 69.7 Å². The van der Waals surface area contributed by atoms with Gasteiger partial charge in [0.05, 0.1) is 55.5 Å². The van der Waals surface area contributed by atoms with Crippen LogP contribution in [0, 0.1) is 0 Å². The van der Waals surface area contributed by atoms with Crippen LogP contribution in [0.5, 0.6) is 0 Å². The smallest absolute Gasteiger partial charge is 0.407 e. The minimum Gasteiger partial charge on any atom is -0.465 e. The third-order valence-corrected chi connectivity index (χ3v) is 7.77. The van der Waals surface area contributed by atoms with Gasteiger partial charge in [0.15, 0.2) is 0 Å². The standard InChI is InChI=1S/C29H39Cl2N3O6/c1-32(28(35)19-22-8-9-25(30)26(31)18-22)27(23-6-4-3-5-7-23)21-33-11-10-24(20-33)34(29(36)37)12-13-39-16-17-40-15-14-38-2/h3-9,18,24,27H,10-17,19-21H2,1-2H3,(H,36,37). The summed E-state index contributed by atoms with van der Waals surface area (Å²) in [5, 5.41) is 10.7. The molecule has 9 nitrogen and oxygen atoms in total. The molecule has 1 fully saturated rings. The number of carbonyl (C=O) groups is 2. The van der Waals surface area contributed by atoms with E-state index in [0.29, 0.717) is 56.2 Å². The lowest BCUT2D eigenvalue weighted by atomic mass is 10.0. The zero-order chi connectivity index (χ0) is 28.9. The predicted molar refractivity (Wildman–Crippen MR) is 155 cm³/mol. The van der Waals surface area contributed by atoms with Gasteiger partial charge in [-0.1, -0.05) is 59.6 Å². The van der Waals surface area contributed by atoms with Crippen molar-refractivity contribution in [1.29, 1.82) is 0 Å². The summed E-state index contributed by atoms with van der Waals surface area (Å²) >= 11 is 12.2. The fourth-order valence-electron chi connectivity index (χ4n) is 4.79. The molecule has 1 saturated heterocycles. The Balaban J connectivity index is 1.58. The van der Waals surface area contributed by atoms with Crippen LogP contribution >= 0.6 is 23.2 Å². The quantitative estimate of drug-likeness (QED) is 0.286. The molecule has 1 aliphatic rings. The summed E-state index contributed by atoms with van der Waals surface area (Å²) < 4.78 is 15.9. The van der Waals surface area contributed by atoms with Crippen molar-refractivity contribution in [3.63, 3.8) is 0 Å². The number of ether oxygens (including phenoxy) is 3. The van der Waals surface area contributed by atoms with Gasteiger partial charge < -0.3 is 29.1 Å². The summed E-state index contributed by atoms with van der Waals surface area (Å²) in [7, 11) is 3.43. The van der Waals surface area contributed by atoms with Crippen LogP contribution in [0.25, 0.3) is 0 Å². The second kappa shape index (κ2) is 16.8. The zero-order valence-corrected chi connectivity index (χ0v) is 24.6. The molecule has 1 heterocycles. The first-order valence-corrected chi connectivity index (χ1v) is 14.2. The summed E-state index contributed by atoms with van der Waals surface area (Å²) in [6.07, 6.45) is -0.0429. The third-order valence-electron chi connectivity index (χ3n) is 7.03. The fourth-order valence-corrected chi connectivity index (χ4v) is 5.11. The highest BCUT2D eigenvalue weighted by atomic mass is 35.5. The molecule has 0 aliphatic carbocycles. The van der Waals surface area contributed by atoms with Gasteiger partial charge in [0.1, 0.15) is 0 Å². The average molecular weight is 597 g/mol. The van der Waals surface area contributed by atoms with Gasteiger partial charge >= 0.3 is 6.09 Å². The topological polar surface area (TPSA) is 91.8 Å². The molecule has 1 aliphatic heterocycles. The number of carboxylic acid groups (broad SMARTS) is 1. The van der Waals surface area contributed by atoms with E-state index in [1.807, 2.05) is 37.4 Å². The number of nitrogens with zero attached hydrogens (tertiary/aromatic N) is 3. The van der Waals surface area contributed by atoms with E-state index in [-0.39, 0.29) is 31.0 Å². The molecule has 2 unspecified atom stereocenters. The number of likely N-dealkylation sites (N-methyl/N-ethyl adjacent to an activating group) is 1. The first-order chi connectivity index (χ1) is 19.3. The Morgan fingerprint density at radius 3 is 2.40 bits per heavy atom. The number of methoxy groups -OCH3 is 1. The molecule has 220 valence electrons. The normalized spacial score (nSPS) is 16.1. The van der Waals surface area contributed by atoms with Crippen molar-refractivity contribution < 1.29 is 28.9 Å². The lowest BCUT2D eigenvalue weighted by Gasteiger charge is -2.33. The van der Waals surface area contributed by atoms with Crippen LogP contribution in [0.2, 0.25) is 10.0 Å². The lowest BCUT2D eigenvalue weighted by Crippen LogP contribution is -2.44. The Labute approximate surface area is 246 Å². The van der Waals surface area contributed by atoms with Gasteiger partial charge in [-0.2, -0.15) is 0 Å². The van der Waals surface area contributed by atoms with Gasteiger partial charge in [-0.25, -0.2) is 4.79 Å². The molecule has 0 bridgehead atoms. The van der Waals surface area contributed by atoms with Crippen LogP contribution in [0.15, 0.2) is 48.5 Å². The van der Waals surface area contributed by atoms with Crippen LogP contribution in [0.3, 0.4) is 0 Å². The van der Waals surface area contributed by atoms with Crippen molar-refractivity contribution in [2.75, 3.05) is 73.4 Å². The van der Waals surface area contributed by atoms with Gasteiger partial charge in [0.25, 0.3) is 0 Å². The summed E-state index contributed by atoms with van der Waals surface area (Å²) in [5.74, 6) is -0.0431. The molecule has 2 atom stereocenters. The number of benzene rings is 2. The summed E-state index contributed by atoms with van der Waals surface area (Å²) in [6.45, 7) is 4.36. The monoisotopic (exact) mass is 595 g/mol. The number of likely N-dealkylation sites (tertiary alicyclic amines) is 1. The van der Waals surface area contributed by atoms with E-state index >= 15 is 0 Å². The Morgan fingerprint density at radius 1 is 1.02 bits per heavy atom. The van der Waals surface area contributed by atoms with E-state index in [1.54, 1.807) is 30.2 Å². The number of carbonyl (C=O) groups excluding carboxylic acids is 1. The van der Waals surface area contributed by atoms with Crippen LogP contribution in [0.1, 0.15) is 23.6 Å². The summed E-state index contributed by atoms with van der Waals surface area (Å²) in [6, 6.07) is 14.8. The molecule has 40 heavy (non-hydrogen) atoms. The maximum Gasteiger partial charge on any atom is 0.407 e. The Kier molecular flexibility index (Phi) is 13.5. The molecule has 1 N–H and O–H groups in total. The number of rotatable bonds is 16. The van der Waals surface area contributed by atoms with E-state index in [2.05, 4.69) is 4.90 Å². The van der Waals surface area contributed by atoms with E-state index in [4.69, 9.17) is 37.4 Å². The number of halogens is 2. The molecule has 2 aromatic rings. The average Bonchev–Trinajstić information content (AvgIpc) is 3.41. The maximum absolute atomic E-state index is 13.3. The molecular weight excluding hydrogens is 557 g/mol. The van der Waals surface area contributed by atoms with Crippen molar-refractivity contribution in [3.8, 4) is 0 Å². The number of hydrogen-bond acceptors (Lipinski definition) is 6. The molecule has 3 rings (SSSR count). The second-order valence-electron chi connectivity index (χ2n) is 9.75.